The lowest BCUT2D eigenvalue weighted by Crippen LogP contribution is -2.50. The van der Waals surface area contributed by atoms with Gasteiger partial charge in [-0.3, -0.25) is 4.79 Å². The molecule has 1 saturated heterocycles. The number of benzene rings is 3. The third-order valence-electron chi connectivity index (χ3n) is 6.37. The number of rotatable bonds is 3. The van der Waals surface area contributed by atoms with Crippen molar-refractivity contribution in [2.75, 3.05) is 31.1 Å². The number of hydrogen-bond donors (Lipinski definition) is 2. The molecule has 3 aromatic carbocycles. The van der Waals surface area contributed by atoms with Gasteiger partial charge < -0.3 is 25.4 Å². The molecule has 0 saturated carbocycles. The van der Waals surface area contributed by atoms with Crippen molar-refractivity contribution in [2.24, 2.45) is 5.73 Å². The van der Waals surface area contributed by atoms with Crippen molar-refractivity contribution in [3.05, 3.63) is 60.2 Å². The molecule has 1 aliphatic heterocycles. The third kappa shape index (κ3) is 4.77. The number of fused-ring (bicyclic) bond motifs is 2. The van der Waals surface area contributed by atoms with Crippen LogP contribution >= 0.6 is 0 Å². The number of amides is 2. The van der Waals surface area contributed by atoms with Gasteiger partial charge in [-0.2, -0.15) is 0 Å². The van der Waals surface area contributed by atoms with Gasteiger partial charge in [-0.15, -0.1) is 0 Å². The number of carbonyl (C=O) groups excluding carboxylic acids is 2. The summed E-state index contributed by atoms with van der Waals surface area (Å²) in [4.78, 5) is 36.6. The van der Waals surface area contributed by atoms with Crippen LogP contribution in [0.25, 0.3) is 32.8 Å². The first-order valence-electron chi connectivity index (χ1n) is 12.3. The Balaban J connectivity index is 1.56. The minimum Gasteiger partial charge on any atom is -0.508 e. The number of piperazine rings is 1. The molecule has 1 fully saturated rings. The van der Waals surface area contributed by atoms with E-state index in [1.165, 1.54) is 6.07 Å². The number of anilines is 1. The highest BCUT2D eigenvalue weighted by molar-refractivity contribution is 6.02. The van der Waals surface area contributed by atoms with Crippen molar-refractivity contribution in [3.63, 3.8) is 0 Å². The predicted molar refractivity (Wildman–Crippen MR) is 143 cm³/mol. The average Bonchev–Trinajstić information content (AvgIpc) is 2.87. The molecular weight excluding hydrogens is 489 g/mol. The minimum atomic E-state index is -0.881. The maximum atomic E-state index is 16.1. The van der Waals surface area contributed by atoms with E-state index in [2.05, 4.69) is 9.97 Å². The number of ether oxygens (including phenoxy) is 1. The Bertz CT molecular complexity index is 1580. The molecule has 5 rings (SSSR count). The summed E-state index contributed by atoms with van der Waals surface area (Å²) in [6, 6.07) is 13.8. The summed E-state index contributed by atoms with van der Waals surface area (Å²) in [5, 5.41) is 12.2. The van der Waals surface area contributed by atoms with E-state index in [0.717, 1.165) is 10.8 Å². The molecule has 0 spiro atoms. The number of primary amides is 1. The van der Waals surface area contributed by atoms with Crippen molar-refractivity contribution in [3.8, 4) is 16.9 Å². The zero-order chi connectivity index (χ0) is 27.2. The molecular formula is C28H28FN5O4. The van der Waals surface area contributed by atoms with Crippen molar-refractivity contribution in [1.29, 1.82) is 0 Å². The Hall–Kier alpha value is -4.47. The average molecular weight is 518 g/mol. The van der Waals surface area contributed by atoms with Crippen LogP contribution in [0.3, 0.4) is 0 Å². The number of aromatic hydroxyl groups is 1. The molecule has 1 aliphatic rings. The van der Waals surface area contributed by atoms with E-state index in [1.807, 2.05) is 49.9 Å². The molecule has 3 N–H and O–H groups in total. The van der Waals surface area contributed by atoms with Crippen LogP contribution in [0.5, 0.6) is 5.75 Å². The van der Waals surface area contributed by atoms with Gasteiger partial charge in [-0.1, -0.05) is 30.3 Å². The second-order valence-corrected chi connectivity index (χ2v) is 10.2. The van der Waals surface area contributed by atoms with Gasteiger partial charge in [0.05, 0.1) is 0 Å². The molecule has 2 heterocycles. The van der Waals surface area contributed by atoms with Gasteiger partial charge in [0.1, 0.15) is 22.7 Å². The fourth-order valence-electron chi connectivity index (χ4n) is 4.65. The SMILES string of the molecule is CC(C)(C)OC(=O)N1CCN(c2nc(C(N)=O)nc3c(F)c(-c4cc(O)cc5ccccc45)ccc23)CC1. The number of halogens is 1. The van der Waals surface area contributed by atoms with Gasteiger partial charge in [-0.25, -0.2) is 19.2 Å². The quantitative estimate of drug-likeness (QED) is 0.412. The lowest BCUT2D eigenvalue weighted by Gasteiger charge is -2.36. The van der Waals surface area contributed by atoms with Gasteiger partial charge in [-0.05, 0) is 55.3 Å². The maximum absolute atomic E-state index is 16.1. The monoisotopic (exact) mass is 517 g/mol. The van der Waals surface area contributed by atoms with E-state index < -0.39 is 23.4 Å². The number of hydrogen-bond acceptors (Lipinski definition) is 7. The highest BCUT2D eigenvalue weighted by Gasteiger charge is 2.28. The van der Waals surface area contributed by atoms with Gasteiger partial charge in [0, 0.05) is 37.1 Å². The van der Waals surface area contributed by atoms with Gasteiger partial charge >= 0.3 is 6.09 Å². The molecule has 0 atom stereocenters. The molecule has 2 amide bonds. The highest BCUT2D eigenvalue weighted by Crippen LogP contribution is 2.37. The van der Waals surface area contributed by atoms with Crippen molar-refractivity contribution in [1.82, 2.24) is 14.9 Å². The number of aromatic nitrogens is 2. The topological polar surface area (TPSA) is 122 Å². The lowest BCUT2D eigenvalue weighted by molar-refractivity contribution is 0.0240. The fraction of sp³-hybridized carbons (Fsp3) is 0.286. The smallest absolute Gasteiger partial charge is 0.410 e. The van der Waals surface area contributed by atoms with Crippen molar-refractivity contribution >= 4 is 39.5 Å². The third-order valence-corrected chi connectivity index (χ3v) is 6.37. The summed E-state index contributed by atoms with van der Waals surface area (Å²) in [5.41, 5.74) is 5.56. The Morgan fingerprint density at radius 2 is 1.68 bits per heavy atom. The molecule has 4 aromatic rings. The van der Waals surface area contributed by atoms with E-state index in [1.54, 1.807) is 23.1 Å². The predicted octanol–water partition coefficient (Wildman–Crippen LogP) is 4.45. The largest absolute Gasteiger partial charge is 0.508 e. The Kier molecular flexibility index (Phi) is 6.26. The Labute approximate surface area is 218 Å². The van der Waals surface area contributed by atoms with Crippen LogP contribution in [0, 0.1) is 5.82 Å². The summed E-state index contributed by atoms with van der Waals surface area (Å²) in [7, 11) is 0. The second kappa shape index (κ2) is 9.44. The van der Waals surface area contributed by atoms with E-state index in [9.17, 15) is 14.7 Å². The standard InChI is InChI=1S/C28H28FN5O4/c1-28(2,3)38-27(37)34-12-10-33(11-13-34)26-20-9-8-19(22(29)23(20)31-25(32-26)24(30)36)21-15-17(35)14-16-6-4-5-7-18(16)21/h4-9,14-15,35H,10-13H2,1-3H3,(H2,30,36). The van der Waals surface area contributed by atoms with Crippen LogP contribution in [-0.2, 0) is 4.74 Å². The molecule has 196 valence electrons. The van der Waals surface area contributed by atoms with Gasteiger partial charge in [0.2, 0.25) is 5.82 Å². The van der Waals surface area contributed by atoms with Gasteiger partial charge in [0.15, 0.2) is 5.82 Å². The van der Waals surface area contributed by atoms with E-state index in [-0.39, 0.29) is 22.7 Å². The van der Waals surface area contributed by atoms with Crippen LogP contribution < -0.4 is 10.6 Å². The number of nitrogens with zero attached hydrogens (tertiary/aromatic N) is 4. The number of carbonyl (C=O) groups is 2. The molecule has 0 aliphatic carbocycles. The molecule has 1 aromatic heterocycles. The number of phenols is 1. The van der Waals surface area contributed by atoms with Crippen LogP contribution in [0.15, 0.2) is 48.5 Å². The molecule has 0 radical (unpaired) electrons. The van der Waals surface area contributed by atoms with Crippen molar-refractivity contribution < 1.29 is 23.8 Å². The zero-order valence-corrected chi connectivity index (χ0v) is 21.4. The fourth-order valence-corrected chi connectivity index (χ4v) is 4.65. The van der Waals surface area contributed by atoms with Crippen LogP contribution in [0.1, 0.15) is 31.4 Å². The first kappa shape index (κ1) is 25.2. The van der Waals surface area contributed by atoms with Crippen LogP contribution in [0.4, 0.5) is 15.0 Å². The van der Waals surface area contributed by atoms with Crippen LogP contribution in [0.2, 0.25) is 0 Å². The summed E-state index contributed by atoms with van der Waals surface area (Å²) in [6.07, 6.45) is -0.406. The van der Waals surface area contributed by atoms with Crippen LogP contribution in [-0.4, -0.2) is 63.8 Å². The molecule has 38 heavy (non-hydrogen) atoms. The highest BCUT2D eigenvalue weighted by atomic mass is 19.1. The number of phenolic OH excluding ortho intramolecular Hbond substituents is 1. The van der Waals surface area contributed by atoms with Crippen molar-refractivity contribution in [2.45, 2.75) is 26.4 Å². The second-order valence-electron chi connectivity index (χ2n) is 10.2. The number of nitrogens with two attached hydrogens (primary N) is 1. The summed E-state index contributed by atoms with van der Waals surface area (Å²) >= 11 is 0. The van der Waals surface area contributed by atoms with E-state index in [4.69, 9.17) is 10.5 Å². The normalized spacial score (nSPS) is 14.2. The maximum Gasteiger partial charge on any atom is 0.410 e. The van der Waals surface area contributed by atoms with E-state index in [0.29, 0.717) is 42.9 Å². The Morgan fingerprint density at radius 1 is 0.974 bits per heavy atom. The molecule has 0 bridgehead atoms. The molecule has 9 nitrogen and oxygen atoms in total. The van der Waals surface area contributed by atoms with E-state index >= 15 is 4.39 Å². The first-order valence-corrected chi connectivity index (χ1v) is 12.3. The summed E-state index contributed by atoms with van der Waals surface area (Å²) < 4.78 is 21.6. The minimum absolute atomic E-state index is 0.00209. The molecule has 0 unspecified atom stereocenters. The summed E-state index contributed by atoms with van der Waals surface area (Å²) in [6.45, 7) is 6.93. The lowest BCUT2D eigenvalue weighted by atomic mass is 9.96. The zero-order valence-electron chi connectivity index (χ0n) is 21.4. The summed E-state index contributed by atoms with van der Waals surface area (Å²) in [5.74, 6) is -1.48. The Morgan fingerprint density at radius 3 is 2.37 bits per heavy atom. The molecule has 10 heteroatoms. The first-order chi connectivity index (χ1) is 18.0. The van der Waals surface area contributed by atoms with Gasteiger partial charge in [0.25, 0.3) is 5.91 Å².